The summed E-state index contributed by atoms with van der Waals surface area (Å²) in [7, 11) is -2.06. The van der Waals surface area contributed by atoms with Crippen LogP contribution in [0.5, 0.6) is 0 Å². The molecule has 1 amide bonds. The number of sulfonamides is 1. The van der Waals surface area contributed by atoms with Crippen molar-refractivity contribution in [1.29, 1.82) is 0 Å². The van der Waals surface area contributed by atoms with Crippen LogP contribution in [0.4, 0.5) is 0 Å². The van der Waals surface area contributed by atoms with Crippen LogP contribution in [0.2, 0.25) is 0 Å². The van der Waals surface area contributed by atoms with E-state index in [1.165, 1.54) is 17.7 Å². The van der Waals surface area contributed by atoms with E-state index in [0.717, 1.165) is 41.9 Å². The lowest BCUT2D eigenvalue weighted by atomic mass is 9.98. The zero-order valence-electron chi connectivity index (χ0n) is 22.6. The Morgan fingerprint density at radius 3 is 2.26 bits per heavy atom. The average molecular weight is 535 g/mol. The number of aryl methyl sites for hydroxylation is 1. The molecule has 202 valence electrons. The van der Waals surface area contributed by atoms with Crippen molar-refractivity contribution >= 4 is 15.9 Å². The topological polar surface area (TPSA) is 81.8 Å². The van der Waals surface area contributed by atoms with Crippen LogP contribution in [-0.4, -0.2) is 62.9 Å². The number of carbonyl (C=O) groups is 1. The van der Waals surface area contributed by atoms with Gasteiger partial charge >= 0.3 is 0 Å². The summed E-state index contributed by atoms with van der Waals surface area (Å²) in [5, 5.41) is 3.58. The highest BCUT2D eigenvalue weighted by Crippen LogP contribution is 2.25. The second-order valence-corrected chi connectivity index (χ2v) is 12.2. The van der Waals surface area contributed by atoms with Gasteiger partial charge in [-0.15, -0.1) is 0 Å². The summed E-state index contributed by atoms with van der Waals surface area (Å²) in [5.41, 5.74) is 5.40. The molecular formula is C30H38N4O3S. The van der Waals surface area contributed by atoms with E-state index >= 15 is 0 Å². The summed E-state index contributed by atoms with van der Waals surface area (Å²) in [6, 6.07) is 24.2. The van der Waals surface area contributed by atoms with Crippen LogP contribution >= 0.6 is 0 Å². The van der Waals surface area contributed by atoms with Gasteiger partial charge in [0, 0.05) is 45.3 Å². The third-order valence-electron chi connectivity index (χ3n) is 6.90. The molecule has 0 aliphatic carbocycles. The SMILES string of the molecule is Cc1ccc(S(=O)(=O)NCC(=O)N(C)Cc2ccccc2-c2ccc(CN3C[C@@H](C)N[C@@H](C)C3)cc2)cc1. The first-order chi connectivity index (χ1) is 18.1. The molecule has 8 heteroatoms. The number of hydrogen-bond donors (Lipinski definition) is 2. The van der Waals surface area contributed by atoms with Crippen LogP contribution in [0.3, 0.4) is 0 Å². The van der Waals surface area contributed by atoms with Crippen molar-refractivity contribution in [3.05, 3.63) is 89.5 Å². The normalized spacial score (nSPS) is 18.3. The van der Waals surface area contributed by atoms with E-state index in [0.29, 0.717) is 18.6 Å². The summed E-state index contributed by atoms with van der Waals surface area (Å²) < 4.78 is 27.6. The molecule has 1 aliphatic heterocycles. The predicted octanol–water partition coefficient (Wildman–Crippen LogP) is 3.78. The molecule has 1 saturated heterocycles. The van der Waals surface area contributed by atoms with Crippen molar-refractivity contribution < 1.29 is 13.2 Å². The molecule has 3 aromatic carbocycles. The lowest BCUT2D eigenvalue weighted by molar-refractivity contribution is -0.129. The maximum absolute atomic E-state index is 12.8. The molecule has 3 aromatic rings. The number of likely N-dealkylation sites (N-methyl/N-ethyl adjacent to an activating group) is 1. The molecule has 0 saturated carbocycles. The van der Waals surface area contributed by atoms with Crippen molar-refractivity contribution in [3.8, 4) is 11.1 Å². The zero-order chi connectivity index (χ0) is 27.3. The molecule has 1 aliphatic rings. The van der Waals surface area contributed by atoms with Crippen LogP contribution in [0, 0.1) is 6.92 Å². The Hall–Kier alpha value is -3.04. The van der Waals surface area contributed by atoms with Gasteiger partial charge in [-0.3, -0.25) is 9.69 Å². The molecule has 2 N–H and O–H groups in total. The van der Waals surface area contributed by atoms with Crippen LogP contribution in [0.15, 0.2) is 77.7 Å². The molecule has 7 nitrogen and oxygen atoms in total. The Kier molecular flexibility index (Phi) is 8.99. The number of rotatable bonds is 9. The first-order valence-corrected chi connectivity index (χ1v) is 14.5. The number of nitrogens with one attached hydrogen (secondary N) is 2. The van der Waals surface area contributed by atoms with Gasteiger partial charge in [-0.1, -0.05) is 66.2 Å². The second-order valence-electron chi connectivity index (χ2n) is 10.4. The molecule has 2 atom stereocenters. The Morgan fingerprint density at radius 1 is 0.974 bits per heavy atom. The van der Waals surface area contributed by atoms with Gasteiger partial charge in [0.25, 0.3) is 0 Å². The maximum Gasteiger partial charge on any atom is 0.241 e. The van der Waals surface area contributed by atoms with Crippen molar-refractivity contribution in [2.45, 2.75) is 50.8 Å². The van der Waals surface area contributed by atoms with Crippen LogP contribution in [0.1, 0.15) is 30.5 Å². The number of carbonyl (C=O) groups excluding carboxylic acids is 1. The fourth-order valence-corrected chi connectivity index (χ4v) is 5.97. The minimum absolute atomic E-state index is 0.147. The highest BCUT2D eigenvalue weighted by molar-refractivity contribution is 7.89. The first-order valence-electron chi connectivity index (χ1n) is 13.1. The number of hydrogen-bond acceptors (Lipinski definition) is 5. The zero-order valence-corrected chi connectivity index (χ0v) is 23.5. The van der Waals surface area contributed by atoms with Gasteiger partial charge in [-0.05, 0) is 55.2 Å². The number of piperazine rings is 1. The van der Waals surface area contributed by atoms with Gasteiger partial charge in [0.1, 0.15) is 0 Å². The fraction of sp³-hybridized carbons (Fsp3) is 0.367. The van der Waals surface area contributed by atoms with Crippen LogP contribution in [0.25, 0.3) is 11.1 Å². The summed E-state index contributed by atoms with van der Waals surface area (Å²) in [5.74, 6) is -0.301. The van der Waals surface area contributed by atoms with Crippen molar-refractivity contribution in [2.75, 3.05) is 26.7 Å². The van der Waals surface area contributed by atoms with E-state index in [9.17, 15) is 13.2 Å². The molecule has 0 aromatic heterocycles. The van der Waals surface area contributed by atoms with Gasteiger partial charge in [-0.2, -0.15) is 0 Å². The third kappa shape index (κ3) is 7.29. The molecule has 0 radical (unpaired) electrons. The molecular weight excluding hydrogens is 496 g/mol. The molecule has 1 heterocycles. The van der Waals surface area contributed by atoms with Gasteiger partial charge in [-0.25, -0.2) is 13.1 Å². The van der Waals surface area contributed by atoms with Gasteiger partial charge in [0.15, 0.2) is 0 Å². The number of nitrogens with zero attached hydrogens (tertiary/aromatic N) is 2. The highest BCUT2D eigenvalue weighted by atomic mass is 32.2. The first kappa shape index (κ1) is 28.0. The molecule has 1 fully saturated rings. The average Bonchev–Trinajstić information content (AvgIpc) is 2.88. The molecule has 0 spiro atoms. The quantitative estimate of drug-likeness (QED) is 0.437. The molecule has 38 heavy (non-hydrogen) atoms. The van der Waals surface area contributed by atoms with Crippen molar-refractivity contribution in [1.82, 2.24) is 19.8 Å². The largest absolute Gasteiger partial charge is 0.340 e. The Morgan fingerprint density at radius 2 is 1.61 bits per heavy atom. The Balaban J connectivity index is 1.38. The smallest absolute Gasteiger partial charge is 0.241 e. The fourth-order valence-electron chi connectivity index (χ4n) is 4.99. The standard InChI is InChI=1S/C30H38N4O3S/c1-22-9-15-28(16-10-22)38(36,37)31-17-30(35)33(4)21-27-7-5-6-8-29(27)26-13-11-25(12-14-26)20-34-18-23(2)32-24(3)19-34/h5-16,23-24,31-32H,17-21H2,1-4H3/t23-,24+. The predicted molar refractivity (Wildman–Crippen MR) is 152 cm³/mol. The van der Waals surface area contributed by atoms with E-state index in [-0.39, 0.29) is 17.3 Å². The van der Waals surface area contributed by atoms with Crippen molar-refractivity contribution in [3.63, 3.8) is 0 Å². The minimum Gasteiger partial charge on any atom is -0.340 e. The van der Waals surface area contributed by atoms with E-state index in [4.69, 9.17) is 0 Å². The number of amides is 1. The molecule has 0 unspecified atom stereocenters. The summed E-state index contributed by atoms with van der Waals surface area (Å²) in [6.45, 7) is 9.42. The monoisotopic (exact) mass is 534 g/mol. The van der Waals surface area contributed by atoms with Crippen LogP contribution < -0.4 is 10.0 Å². The summed E-state index contributed by atoms with van der Waals surface area (Å²) in [6.07, 6.45) is 0. The van der Waals surface area contributed by atoms with E-state index in [1.54, 1.807) is 24.1 Å². The minimum atomic E-state index is -3.76. The third-order valence-corrected chi connectivity index (χ3v) is 8.32. The van der Waals surface area contributed by atoms with Gasteiger partial charge in [0.2, 0.25) is 15.9 Å². The van der Waals surface area contributed by atoms with E-state index < -0.39 is 10.0 Å². The second kappa shape index (κ2) is 12.2. The lowest BCUT2D eigenvalue weighted by Gasteiger charge is -2.36. The maximum atomic E-state index is 12.8. The number of benzene rings is 3. The van der Waals surface area contributed by atoms with Crippen LogP contribution in [-0.2, 0) is 27.9 Å². The Bertz CT molecular complexity index is 1330. The lowest BCUT2D eigenvalue weighted by Crippen LogP contribution is -2.53. The van der Waals surface area contributed by atoms with E-state index in [2.05, 4.69) is 59.1 Å². The van der Waals surface area contributed by atoms with E-state index in [1.807, 2.05) is 25.1 Å². The molecule has 4 rings (SSSR count). The van der Waals surface area contributed by atoms with Crippen molar-refractivity contribution in [2.24, 2.45) is 0 Å². The summed E-state index contributed by atoms with van der Waals surface area (Å²) in [4.78, 5) is 17.0. The molecule has 0 bridgehead atoms. The Labute approximate surface area is 226 Å². The van der Waals surface area contributed by atoms with Gasteiger partial charge < -0.3 is 10.2 Å². The highest BCUT2D eigenvalue weighted by Gasteiger charge is 2.21. The summed E-state index contributed by atoms with van der Waals surface area (Å²) >= 11 is 0. The van der Waals surface area contributed by atoms with Gasteiger partial charge in [0.05, 0.1) is 11.4 Å².